The first kappa shape index (κ1) is 6.53. The topological polar surface area (TPSA) is 95.7 Å². The van der Waals surface area contributed by atoms with Crippen molar-refractivity contribution in [3.8, 4) is 0 Å². The Labute approximate surface area is 54.9 Å². The lowest BCUT2D eigenvalue weighted by atomic mass is 10.6. The average molecular weight is 145 g/mol. The van der Waals surface area contributed by atoms with Crippen molar-refractivity contribution in [3.05, 3.63) is 0 Å². The van der Waals surface area contributed by atoms with Crippen molar-refractivity contribution >= 4 is 17.8 Å². The van der Waals surface area contributed by atoms with Gasteiger partial charge < -0.3 is 15.2 Å². The van der Waals surface area contributed by atoms with Crippen molar-refractivity contribution < 1.29 is 23.9 Å². The molecule has 0 aromatic heterocycles. The monoisotopic (exact) mass is 145 g/mol. The van der Waals surface area contributed by atoms with E-state index in [0.717, 1.165) is 0 Å². The molecule has 6 nitrogen and oxygen atoms in total. The van der Waals surface area contributed by atoms with Gasteiger partial charge in [0.2, 0.25) is 0 Å². The number of amides is 1. The van der Waals surface area contributed by atoms with Gasteiger partial charge in [-0.15, -0.1) is 0 Å². The SMILES string of the molecule is NC(=O)C1OC(=O)C(=O)O1. The second-order valence-electron chi connectivity index (χ2n) is 1.54. The average Bonchev–Trinajstić information content (AvgIpc) is 2.13. The molecule has 6 heteroatoms. The van der Waals surface area contributed by atoms with E-state index >= 15 is 0 Å². The molecule has 0 radical (unpaired) electrons. The third-order valence-corrected chi connectivity index (χ3v) is 0.827. The number of cyclic esters (lactones) is 2. The molecule has 1 rings (SSSR count). The molecule has 2 N–H and O–H groups in total. The molecule has 1 heterocycles. The van der Waals surface area contributed by atoms with E-state index in [0.29, 0.717) is 0 Å². The van der Waals surface area contributed by atoms with Crippen LogP contribution in [-0.2, 0) is 23.9 Å². The fraction of sp³-hybridized carbons (Fsp3) is 0.250. The molecular formula is C4H3NO5. The largest absolute Gasteiger partial charge is 0.421 e. The van der Waals surface area contributed by atoms with Gasteiger partial charge in [-0.05, 0) is 0 Å². The maximum absolute atomic E-state index is 10.2. The van der Waals surface area contributed by atoms with Crippen molar-refractivity contribution in [2.24, 2.45) is 5.73 Å². The van der Waals surface area contributed by atoms with Crippen LogP contribution in [0.2, 0.25) is 0 Å². The van der Waals surface area contributed by atoms with E-state index in [-0.39, 0.29) is 0 Å². The Morgan fingerprint density at radius 3 is 1.90 bits per heavy atom. The lowest BCUT2D eigenvalue weighted by Gasteiger charge is -1.99. The molecule has 1 saturated heterocycles. The summed E-state index contributed by atoms with van der Waals surface area (Å²) in [7, 11) is 0. The maximum Gasteiger partial charge on any atom is 0.421 e. The minimum Gasteiger partial charge on any atom is -0.407 e. The summed E-state index contributed by atoms with van der Waals surface area (Å²) in [5, 5.41) is 0. The normalized spacial score (nSPS) is 18.4. The van der Waals surface area contributed by atoms with Crippen LogP contribution >= 0.6 is 0 Å². The van der Waals surface area contributed by atoms with E-state index in [1.165, 1.54) is 0 Å². The molecule has 0 spiro atoms. The van der Waals surface area contributed by atoms with Crippen molar-refractivity contribution in [1.82, 2.24) is 0 Å². The highest BCUT2D eigenvalue weighted by Gasteiger charge is 2.37. The van der Waals surface area contributed by atoms with E-state index in [2.05, 4.69) is 15.2 Å². The number of nitrogens with two attached hydrogens (primary N) is 1. The summed E-state index contributed by atoms with van der Waals surface area (Å²) in [4.78, 5) is 30.5. The number of carbonyl (C=O) groups is 3. The highest BCUT2D eigenvalue weighted by Crippen LogP contribution is 2.04. The van der Waals surface area contributed by atoms with Crippen molar-refractivity contribution in [2.45, 2.75) is 6.29 Å². The van der Waals surface area contributed by atoms with Gasteiger partial charge in [0.15, 0.2) is 0 Å². The van der Waals surface area contributed by atoms with Crippen LogP contribution in [0.3, 0.4) is 0 Å². The third-order valence-electron chi connectivity index (χ3n) is 0.827. The lowest BCUT2D eigenvalue weighted by Crippen LogP contribution is -2.29. The zero-order valence-corrected chi connectivity index (χ0v) is 4.70. The summed E-state index contributed by atoms with van der Waals surface area (Å²) in [6.07, 6.45) is -1.54. The van der Waals surface area contributed by atoms with Gasteiger partial charge in [0, 0.05) is 0 Å². The van der Waals surface area contributed by atoms with E-state index in [4.69, 9.17) is 0 Å². The molecule has 10 heavy (non-hydrogen) atoms. The lowest BCUT2D eigenvalue weighted by molar-refractivity contribution is -0.155. The first-order chi connectivity index (χ1) is 4.61. The minimum atomic E-state index is -1.54. The standard InChI is InChI=1S/C4H3NO5/c5-1(6)4-9-2(7)3(8)10-4/h4H,(H2,5,6). The molecule has 1 aliphatic rings. The Morgan fingerprint density at radius 2 is 1.70 bits per heavy atom. The van der Waals surface area contributed by atoms with Crippen LogP contribution in [0.1, 0.15) is 0 Å². The molecule has 0 saturated carbocycles. The second-order valence-corrected chi connectivity index (χ2v) is 1.54. The first-order valence-corrected chi connectivity index (χ1v) is 2.32. The minimum absolute atomic E-state index is 1.00. The summed E-state index contributed by atoms with van der Waals surface area (Å²) < 4.78 is 8.10. The predicted molar refractivity (Wildman–Crippen MR) is 25.2 cm³/mol. The molecule has 0 aromatic rings. The molecular weight excluding hydrogens is 142 g/mol. The van der Waals surface area contributed by atoms with Gasteiger partial charge in [-0.3, -0.25) is 4.79 Å². The number of ether oxygens (including phenoxy) is 2. The number of hydrogen-bond donors (Lipinski definition) is 1. The number of esters is 2. The number of hydrogen-bond acceptors (Lipinski definition) is 5. The quantitative estimate of drug-likeness (QED) is 0.336. The van der Waals surface area contributed by atoms with E-state index in [1.54, 1.807) is 0 Å². The summed E-state index contributed by atoms with van der Waals surface area (Å²) in [5.41, 5.74) is 4.63. The Hall–Kier alpha value is -1.59. The zero-order chi connectivity index (χ0) is 7.72. The predicted octanol–water partition coefficient (Wildman–Crippen LogP) is -2.10. The van der Waals surface area contributed by atoms with Gasteiger partial charge in [-0.1, -0.05) is 0 Å². The van der Waals surface area contributed by atoms with Crippen molar-refractivity contribution in [2.75, 3.05) is 0 Å². The Kier molecular flexibility index (Phi) is 1.29. The van der Waals surface area contributed by atoms with Gasteiger partial charge >= 0.3 is 18.2 Å². The number of rotatable bonds is 1. The Balaban J connectivity index is 2.66. The van der Waals surface area contributed by atoms with Gasteiger partial charge in [0.25, 0.3) is 5.91 Å². The van der Waals surface area contributed by atoms with Crippen molar-refractivity contribution in [1.29, 1.82) is 0 Å². The van der Waals surface area contributed by atoms with E-state index < -0.39 is 24.1 Å². The fourth-order valence-corrected chi connectivity index (χ4v) is 0.431. The molecule has 1 fully saturated rings. The smallest absolute Gasteiger partial charge is 0.407 e. The van der Waals surface area contributed by atoms with Gasteiger partial charge in [0.1, 0.15) is 0 Å². The molecule has 1 amide bonds. The van der Waals surface area contributed by atoms with Crippen LogP contribution < -0.4 is 5.73 Å². The van der Waals surface area contributed by atoms with Crippen LogP contribution in [-0.4, -0.2) is 24.1 Å². The summed E-state index contributed by atoms with van der Waals surface area (Å²) in [6.45, 7) is 0. The van der Waals surface area contributed by atoms with Crippen LogP contribution in [0, 0.1) is 0 Å². The van der Waals surface area contributed by atoms with Crippen molar-refractivity contribution in [3.63, 3.8) is 0 Å². The van der Waals surface area contributed by atoms with Gasteiger partial charge in [-0.25, -0.2) is 9.59 Å². The third kappa shape index (κ3) is 0.903. The molecule has 0 aliphatic carbocycles. The van der Waals surface area contributed by atoms with E-state index in [1.807, 2.05) is 0 Å². The highest BCUT2D eigenvalue weighted by molar-refractivity contribution is 6.31. The fourth-order valence-electron chi connectivity index (χ4n) is 0.431. The van der Waals surface area contributed by atoms with Crippen LogP contribution in [0.4, 0.5) is 0 Å². The molecule has 0 unspecified atom stereocenters. The summed E-state index contributed by atoms with van der Waals surface area (Å²) in [5.74, 6) is -3.38. The molecule has 0 atom stereocenters. The van der Waals surface area contributed by atoms with Crippen LogP contribution in [0.15, 0.2) is 0 Å². The Bertz CT molecular complexity index is 194. The first-order valence-electron chi connectivity index (χ1n) is 2.32. The maximum atomic E-state index is 10.2. The van der Waals surface area contributed by atoms with Gasteiger partial charge in [0.05, 0.1) is 0 Å². The Morgan fingerprint density at radius 1 is 1.30 bits per heavy atom. The molecule has 0 aromatic carbocycles. The number of carbonyl (C=O) groups excluding carboxylic acids is 3. The molecule has 1 aliphatic heterocycles. The van der Waals surface area contributed by atoms with Crippen LogP contribution in [0.25, 0.3) is 0 Å². The highest BCUT2D eigenvalue weighted by atomic mass is 16.8. The zero-order valence-electron chi connectivity index (χ0n) is 4.70. The second kappa shape index (κ2) is 1.98. The summed E-state index contributed by atoms with van der Waals surface area (Å²) in [6, 6.07) is 0. The summed E-state index contributed by atoms with van der Waals surface area (Å²) >= 11 is 0. The molecule has 0 bridgehead atoms. The number of primary amides is 1. The van der Waals surface area contributed by atoms with E-state index in [9.17, 15) is 14.4 Å². The van der Waals surface area contributed by atoms with Crippen LogP contribution in [0.5, 0.6) is 0 Å². The molecule has 54 valence electrons. The van der Waals surface area contributed by atoms with Gasteiger partial charge in [-0.2, -0.15) is 0 Å².